The molecule has 1 amide bonds. The SMILES string of the molecule is Cc1ccc(NC(=O)[C@H]2CCCN(c3nnc(C)c4c(C)n(-c5ccccc5)nc34)C2)cc1Cl. The number of rotatable bonds is 4. The van der Waals surface area contributed by atoms with Crippen LogP contribution in [0.5, 0.6) is 0 Å². The number of para-hydroxylation sites is 1. The van der Waals surface area contributed by atoms with Gasteiger partial charge in [-0.2, -0.15) is 10.2 Å². The zero-order valence-corrected chi connectivity index (χ0v) is 20.3. The van der Waals surface area contributed by atoms with Crippen LogP contribution in [0.2, 0.25) is 5.02 Å². The number of aryl methyl sites for hydroxylation is 3. The van der Waals surface area contributed by atoms with Crippen LogP contribution in [0.25, 0.3) is 16.6 Å². The summed E-state index contributed by atoms with van der Waals surface area (Å²) in [4.78, 5) is 15.2. The van der Waals surface area contributed by atoms with Gasteiger partial charge in [-0.25, -0.2) is 4.68 Å². The lowest BCUT2D eigenvalue weighted by molar-refractivity contribution is -0.120. The van der Waals surface area contributed by atoms with E-state index in [9.17, 15) is 4.79 Å². The van der Waals surface area contributed by atoms with Gasteiger partial charge < -0.3 is 10.2 Å². The third-order valence-electron chi connectivity index (χ3n) is 6.52. The number of aromatic nitrogens is 4. The van der Waals surface area contributed by atoms with Crippen molar-refractivity contribution in [1.82, 2.24) is 20.0 Å². The average molecular weight is 475 g/mol. The van der Waals surface area contributed by atoms with Gasteiger partial charge in [0, 0.05) is 23.8 Å². The molecule has 0 unspecified atom stereocenters. The maximum atomic E-state index is 13.1. The molecule has 0 spiro atoms. The number of hydrogen-bond donors (Lipinski definition) is 1. The number of nitrogens with one attached hydrogen (secondary N) is 1. The van der Waals surface area contributed by atoms with Crippen molar-refractivity contribution in [2.24, 2.45) is 5.92 Å². The van der Waals surface area contributed by atoms with Gasteiger partial charge in [0.15, 0.2) is 5.82 Å². The molecule has 0 radical (unpaired) electrons. The highest BCUT2D eigenvalue weighted by Gasteiger charge is 2.29. The van der Waals surface area contributed by atoms with Gasteiger partial charge in [-0.3, -0.25) is 4.79 Å². The maximum absolute atomic E-state index is 13.1. The molecule has 1 fully saturated rings. The van der Waals surface area contributed by atoms with Crippen molar-refractivity contribution in [3.05, 3.63) is 70.5 Å². The molecular weight excluding hydrogens is 448 g/mol. The van der Waals surface area contributed by atoms with Crippen LogP contribution in [0.15, 0.2) is 48.5 Å². The molecule has 34 heavy (non-hydrogen) atoms. The summed E-state index contributed by atoms with van der Waals surface area (Å²) in [6.45, 7) is 7.33. The van der Waals surface area contributed by atoms with Crippen molar-refractivity contribution in [3.8, 4) is 5.69 Å². The predicted molar refractivity (Wildman–Crippen MR) is 136 cm³/mol. The molecule has 3 heterocycles. The zero-order valence-electron chi connectivity index (χ0n) is 19.5. The summed E-state index contributed by atoms with van der Waals surface area (Å²) < 4.78 is 1.94. The van der Waals surface area contributed by atoms with Crippen LogP contribution in [-0.2, 0) is 4.79 Å². The van der Waals surface area contributed by atoms with E-state index in [2.05, 4.69) is 27.3 Å². The molecule has 1 aliphatic rings. The zero-order chi connectivity index (χ0) is 23.8. The molecular formula is C26H27ClN6O. The van der Waals surface area contributed by atoms with Crippen molar-refractivity contribution in [2.75, 3.05) is 23.3 Å². The van der Waals surface area contributed by atoms with Crippen LogP contribution in [0.1, 0.15) is 29.8 Å². The van der Waals surface area contributed by atoms with E-state index >= 15 is 0 Å². The van der Waals surface area contributed by atoms with Gasteiger partial charge in [0.1, 0.15) is 5.52 Å². The van der Waals surface area contributed by atoms with E-state index in [1.807, 2.05) is 61.0 Å². The third kappa shape index (κ3) is 4.12. The Bertz CT molecular complexity index is 1370. The summed E-state index contributed by atoms with van der Waals surface area (Å²) in [5, 5.41) is 18.6. The number of amides is 1. The van der Waals surface area contributed by atoms with Crippen LogP contribution < -0.4 is 10.2 Å². The van der Waals surface area contributed by atoms with Crippen molar-refractivity contribution in [3.63, 3.8) is 0 Å². The van der Waals surface area contributed by atoms with Crippen LogP contribution in [0.4, 0.5) is 11.5 Å². The molecule has 2 aromatic carbocycles. The fourth-order valence-corrected chi connectivity index (χ4v) is 4.82. The minimum Gasteiger partial charge on any atom is -0.352 e. The molecule has 1 aliphatic heterocycles. The smallest absolute Gasteiger partial charge is 0.229 e. The minimum absolute atomic E-state index is 0.00747. The molecule has 1 N–H and O–H groups in total. The first-order valence-corrected chi connectivity index (χ1v) is 11.9. The Hall–Kier alpha value is -3.45. The van der Waals surface area contributed by atoms with Crippen LogP contribution in [0.3, 0.4) is 0 Å². The van der Waals surface area contributed by atoms with E-state index < -0.39 is 0 Å². The minimum atomic E-state index is -0.163. The normalized spacial score (nSPS) is 16.1. The Balaban J connectivity index is 1.43. The van der Waals surface area contributed by atoms with Crippen molar-refractivity contribution in [2.45, 2.75) is 33.6 Å². The fraction of sp³-hybridized carbons (Fsp3) is 0.308. The van der Waals surface area contributed by atoms with Gasteiger partial charge in [-0.05, 0) is 63.4 Å². The number of fused-ring (bicyclic) bond motifs is 1. The lowest BCUT2D eigenvalue weighted by Crippen LogP contribution is -2.41. The van der Waals surface area contributed by atoms with Crippen LogP contribution >= 0.6 is 11.6 Å². The number of nitrogens with zero attached hydrogens (tertiary/aromatic N) is 5. The summed E-state index contributed by atoms with van der Waals surface area (Å²) in [6.07, 6.45) is 1.71. The number of anilines is 2. The van der Waals surface area contributed by atoms with Crippen LogP contribution in [-0.4, -0.2) is 39.0 Å². The molecule has 1 atom stereocenters. The predicted octanol–water partition coefficient (Wildman–Crippen LogP) is 5.25. The lowest BCUT2D eigenvalue weighted by Gasteiger charge is -2.32. The van der Waals surface area contributed by atoms with E-state index in [0.29, 0.717) is 17.3 Å². The molecule has 2 aromatic heterocycles. The molecule has 0 saturated carbocycles. The lowest BCUT2D eigenvalue weighted by atomic mass is 9.96. The van der Waals surface area contributed by atoms with E-state index in [1.165, 1.54) is 0 Å². The molecule has 174 valence electrons. The molecule has 5 rings (SSSR count). The molecule has 7 nitrogen and oxygen atoms in total. The van der Waals surface area contributed by atoms with Gasteiger partial charge in [0.05, 0.1) is 28.4 Å². The highest BCUT2D eigenvalue weighted by molar-refractivity contribution is 6.31. The Morgan fingerprint density at radius 3 is 2.65 bits per heavy atom. The van der Waals surface area contributed by atoms with Crippen molar-refractivity contribution in [1.29, 1.82) is 0 Å². The van der Waals surface area contributed by atoms with Gasteiger partial charge >= 0.3 is 0 Å². The summed E-state index contributed by atoms with van der Waals surface area (Å²) in [7, 11) is 0. The first-order valence-electron chi connectivity index (χ1n) is 11.5. The molecule has 0 bridgehead atoms. The van der Waals surface area contributed by atoms with E-state index in [4.69, 9.17) is 16.7 Å². The van der Waals surface area contributed by atoms with Crippen LogP contribution in [0, 0.1) is 26.7 Å². The van der Waals surface area contributed by atoms with Crippen molar-refractivity contribution < 1.29 is 4.79 Å². The maximum Gasteiger partial charge on any atom is 0.229 e. The molecule has 4 aromatic rings. The second kappa shape index (κ2) is 9.06. The summed E-state index contributed by atoms with van der Waals surface area (Å²) in [5.74, 6) is 0.561. The number of halogens is 1. The summed E-state index contributed by atoms with van der Waals surface area (Å²) in [5.41, 5.74) is 5.39. The third-order valence-corrected chi connectivity index (χ3v) is 6.92. The number of piperidine rings is 1. The highest BCUT2D eigenvalue weighted by Crippen LogP contribution is 2.32. The number of benzene rings is 2. The number of carbonyl (C=O) groups is 1. The topological polar surface area (TPSA) is 75.9 Å². The second-order valence-corrected chi connectivity index (χ2v) is 9.31. The molecule has 1 saturated heterocycles. The highest BCUT2D eigenvalue weighted by atomic mass is 35.5. The average Bonchev–Trinajstić information content (AvgIpc) is 3.20. The Kier molecular flexibility index (Phi) is 5.96. The first-order chi connectivity index (χ1) is 16.4. The molecule has 0 aliphatic carbocycles. The van der Waals surface area contributed by atoms with E-state index in [1.54, 1.807) is 6.07 Å². The number of hydrogen-bond acceptors (Lipinski definition) is 5. The quantitative estimate of drug-likeness (QED) is 0.437. The standard InChI is InChI=1S/C26H27ClN6O/c1-16-11-12-20(14-22(16)27)28-26(34)19-8-7-13-32(15-19)25-24-23(17(2)29-30-25)18(3)33(31-24)21-9-5-4-6-10-21/h4-6,9-12,14,19H,7-8,13,15H2,1-3H3,(H,28,34)/t19-/m0/s1. The molecule has 8 heteroatoms. The second-order valence-electron chi connectivity index (χ2n) is 8.90. The number of carbonyl (C=O) groups excluding carboxylic acids is 1. The Labute approximate surface area is 203 Å². The largest absolute Gasteiger partial charge is 0.352 e. The van der Waals surface area contributed by atoms with Gasteiger partial charge in [0.25, 0.3) is 0 Å². The van der Waals surface area contributed by atoms with E-state index in [0.717, 1.165) is 58.7 Å². The monoisotopic (exact) mass is 474 g/mol. The van der Waals surface area contributed by atoms with Gasteiger partial charge in [-0.15, -0.1) is 5.10 Å². The van der Waals surface area contributed by atoms with Gasteiger partial charge in [-0.1, -0.05) is 35.9 Å². The first kappa shape index (κ1) is 22.3. The fourth-order valence-electron chi connectivity index (χ4n) is 4.64. The summed E-state index contributed by atoms with van der Waals surface area (Å²) >= 11 is 6.23. The van der Waals surface area contributed by atoms with E-state index in [-0.39, 0.29) is 11.8 Å². The Morgan fingerprint density at radius 2 is 1.88 bits per heavy atom. The van der Waals surface area contributed by atoms with Crippen molar-refractivity contribution >= 4 is 39.9 Å². The van der Waals surface area contributed by atoms with Gasteiger partial charge in [0.2, 0.25) is 5.91 Å². The Morgan fingerprint density at radius 1 is 1.09 bits per heavy atom. The summed E-state index contributed by atoms with van der Waals surface area (Å²) in [6, 6.07) is 15.7.